The Bertz CT molecular complexity index is 607. The van der Waals surface area contributed by atoms with E-state index >= 15 is 0 Å². The summed E-state index contributed by atoms with van der Waals surface area (Å²) in [5.41, 5.74) is 2.62. The Balaban J connectivity index is 2.23. The van der Waals surface area contributed by atoms with Gasteiger partial charge in [-0.2, -0.15) is 0 Å². The number of H-pyrrole nitrogens is 1. The number of benzene rings is 2. The molecule has 0 spiro atoms. The van der Waals surface area contributed by atoms with E-state index in [9.17, 15) is 5.11 Å². The van der Waals surface area contributed by atoms with Gasteiger partial charge in [-0.25, -0.2) is 0 Å². The second-order valence-electron chi connectivity index (χ2n) is 3.69. The van der Waals surface area contributed by atoms with Gasteiger partial charge in [0.15, 0.2) is 0 Å². The van der Waals surface area contributed by atoms with Crippen LogP contribution in [0.3, 0.4) is 0 Å². The second kappa shape index (κ2) is 3.42. The van der Waals surface area contributed by atoms with Gasteiger partial charge in [0, 0.05) is 22.5 Å². The lowest BCUT2D eigenvalue weighted by molar-refractivity contribution is 0.477. The molecule has 2 N–H and O–H groups in total. The SMILES string of the molecule is Oc1ccccc1-c1[c]c2ccccc2[nH]1. The third-order valence-electron chi connectivity index (χ3n) is 2.62. The number of rotatable bonds is 1. The molecule has 3 rings (SSSR count). The third kappa shape index (κ3) is 1.36. The molecule has 0 bridgehead atoms. The van der Waals surface area contributed by atoms with Gasteiger partial charge in [-0.05, 0) is 18.2 Å². The van der Waals surface area contributed by atoms with Crippen LogP contribution in [0.4, 0.5) is 0 Å². The van der Waals surface area contributed by atoms with Gasteiger partial charge in [0.25, 0.3) is 0 Å². The summed E-state index contributed by atoms with van der Waals surface area (Å²) in [7, 11) is 0. The molecule has 3 aromatic rings. The molecule has 0 fully saturated rings. The zero-order valence-corrected chi connectivity index (χ0v) is 8.57. The van der Waals surface area contributed by atoms with Crippen molar-refractivity contribution >= 4 is 10.9 Å². The molecule has 1 heterocycles. The largest absolute Gasteiger partial charge is 0.507 e. The number of nitrogens with one attached hydrogen (secondary N) is 1. The summed E-state index contributed by atoms with van der Waals surface area (Å²) in [6, 6.07) is 18.4. The maximum Gasteiger partial charge on any atom is 0.124 e. The van der Waals surface area contributed by atoms with Crippen LogP contribution in [0.25, 0.3) is 22.2 Å². The van der Waals surface area contributed by atoms with Gasteiger partial charge in [0.1, 0.15) is 5.75 Å². The number of aromatic hydroxyl groups is 1. The van der Waals surface area contributed by atoms with E-state index in [1.54, 1.807) is 6.07 Å². The van der Waals surface area contributed by atoms with Crippen molar-refractivity contribution in [3.05, 3.63) is 54.6 Å². The lowest BCUT2D eigenvalue weighted by Crippen LogP contribution is -1.77. The molecule has 1 radical (unpaired) electrons. The molecule has 2 aromatic carbocycles. The molecule has 2 nitrogen and oxygen atoms in total. The molecule has 1 aromatic heterocycles. The number of hydrogen-bond donors (Lipinski definition) is 2. The van der Waals surface area contributed by atoms with E-state index in [0.29, 0.717) is 0 Å². The van der Waals surface area contributed by atoms with Crippen LogP contribution in [-0.4, -0.2) is 10.1 Å². The maximum absolute atomic E-state index is 9.75. The number of phenolic OH excluding ortho intramolecular Hbond substituents is 1. The van der Waals surface area contributed by atoms with Crippen molar-refractivity contribution in [3.63, 3.8) is 0 Å². The summed E-state index contributed by atoms with van der Waals surface area (Å²) < 4.78 is 0. The highest BCUT2D eigenvalue weighted by Crippen LogP contribution is 2.29. The Morgan fingerprint density at radius 3 is 2.50 bits per heavy atom. The van der Waals surface area contributed by atoms with Crippen molar-refractivity contribution in [1.82, 2.24) is 4.98 Å². The molecule has 77 valence electrons. The molecule has 0 unspecified atom stereocenters. The number of hydrogen-bond acceptors (Lipinski definition) is 1. The number of phenols is 1. The molecule has 0 aliphatic heterocycles. The average Bonchev–Trinajstić information content (AvgIpc) is 2.73. The van der Waals surface area contributed by atoms with Gasteiger partial charge >= 0.3 is 0 Å². The van der Waals surface area contributed by atoms with Gasteiger partial charge in [-0.15, -0.1) is 0 Å². The molecular weight excluding hydrogens is 198 g/mol. The van der Waals surface area contributed by atoms with E-state index in [1.165, 1.54) is 0 Å². The zero-order valence-electron chi connectivity index (χ0n) is 8.57. The highest BCUT2D eigenvalue weighted by atomic mass is 16.3. The van der Waals surface area contributed by atoms with Gasteiger partial charge in [-0.1, -0.05) is 30.3 Å². The fraction of sp³-hybridized carbons (Fsp3) is 0. The summed E-state index contributed by atoms with van der Waals surface area (Å²) in [6.07, 6.45) is 0. The number of aromatic amines is 1. The van der Waals surface area contributed by atoms with Crippen molar-refractivity contribution in [3.8, 4) is 17.0 Å². The number of fused-ring (bicyclic) bond motifs is 1. The van der Waals surface area contributed by atoms with Crippen LogP contribution in [0.2, 0.25) is 0 Å². The van der Waals surface area contributed by atoms with Crippen LogP contribution in [-0.2, 0) is 0 Å². The first-order valence-corrected chi connectivity index (χ1v) is 5.13. The topological polar surface area (TPSA) is 36.0 Å². The fourth-order valence-electron chi connectivity index (χ4n) is 1.82. The molecule has 0 aliphatic rings. The Hall–Kier alpha value is -2.22. The van der Waals surface area contributed by atoms with Crippen molar-refractivity contribution < 1.29 is 5.11 Å². The minimum Gasteiger partial charge on any atom is -0.507 e. The number of aromatic nitrogens is 1. The van der Waals surface area contributed by atoms with Gasteiger partial charge < -0.3 is 10.1 Å². The smallest absolute Gasteiger partial charge is 0.124 e. The lowest BCUT2D eigenvalue weighted by atomic mass is 10.1. The molecule has 0 aliphatic carbocycles. The highest BCUT2D eigenvalue weighted by molar-refractivity contribution is 5.85. The van der Waals surface area contributed by atoms with E-state index in [2.05, 4.69) is 11.1 Å². The summed E-state index contributed by atoms with van der Waals surface area (Å²) >= 11 is 0. The predicted octanol–water partition coefficient (Wildman–Crippen LogP) is 3.34. The van der Waals surface area contributed by atoms with E-state index in [1.807, 2.05) is 42.5 Å². The van der Waals surface area contributed by atoms with E-state index < -0.39 is 0 Å². The van der Waals surface area contributed by atoms with Gasteiger partial charge in [-0.3, -0.25) is 0 Å². The molecule has 0 atom stereocenters. The monoisotopic (exact) mass is 208 g/mol. The Morgan fingerprint density at radius 2 is 1.69 bits per heavy atom. The number of para-hydroxylation sites is 2. The van der Waals surface area contributed by atoms with Crippen molar-refractivity contribution in [2.24, 2.45) is 0 Å². The van der Waals surface area contributed by atoms with E-state index in [-0.39, 0.29) is 5.75 Å². The molecule has 0 amide bonds. The molecular formula is C14H10NO. The van der Waals surface area contributed by atoms with Gasteiger partial charge in [0.2, 0.25) is 0 Å². The van der Waals surface area contributed by atoms with Crippen LogP contribution in [0.1, 0.15) is 0 Å². The Labute approximate surface area is 93.2 Å². The van der Waals surface area contributed by atoms with Crippen LogP contribution >= 0.6 is 0 Å². The zero-order chi connectivity index (χ0) is 11.0. The Morgan fingerprint density at radius 1 is 0.938 bits per heavy atom. The van der Waals surface area contributed by atoms with Crippen LogP contribution in [0, 0.1) is 6.07 Å². The van der Waals surface area contributed by atoms with Crippen LogP contribution in [0.15, 0.2) is 48.5 Å². The van der Waals surface area contributed by atoms with Crippen molar-refractivity contribution in [2.75, 3.05) is 0 Å². The minimum atomic E-state index is 0.269. The van der Waals surface area contributed by atoms with E-state index in [0.717, 1.165) is 22.2 Å². The minimum absolute atomic E-state index is 0.269. The predicted molar refractivity (Wildman–Crippen MR) is 64.2 cm³/mol. The summed E-state index contributed by atoms with van der Waals surface area (Å²) in [6.45, 7) is 0. The lowest BCUT2D eigenvalue weighted by Gasteiger charge is -1.99. The fourth-order valence-corrected chi connectivity index (χ4v) is 1.82. The highest BCUT2D eigenvalue weighted by Gasteiger charge is 2.06. The van der Waals surface area contributed by atoms with Crippen molar-refractivity contribution in [1.29, 1.82) is 0 Å². The van der Waals surface area contributed by atoms with Crippen molar-refractivity contribution in [2.45, 2.75) is 0 Å². The maximum atomic E-state index is 9.75. The standard InChI is InChI=1S/C14H10NO/c16-14-8-4-2-6-11(14)13-9-10-5-1-3-7-12(10)15-13/h1-8,15-16H. The summed E-state index contributed by atoms with van der Waals surface area (Å²) in [5, 5.41) is 10.8. The van der Waals surface area contributed by atoms with Crippen LogP contribution < -0.4 is 0 Å². The summed E-state index contributed by atoms with van der Waals surface area (Å²) in [5.74, 6) is 0.269. The molecule has 16 heavy (non-hydrogen) atoms. The normalized spacial score (nSPS) is 10.8. The first-order chi connectivity index (χ1) is 7.84. The van der Waals surface area contributed by atoms with E-state index in [4.69, 9.17) is 0 Å². The first-order valence-electron chi connectivity index (χ1n) is 5.13. The first kappa shape index (κ1) is 9.04. The quantitative estimate of drug-likeness (QED) is 0.632. The third-order valence-corrected chi connectivity index (χ3v) is 2.62. The second-order valence-corrected chi connectivity index (χ2v) is 3.69. The van der Waals surface area contributed by atoms with Crippen LogP contribution in [0.5, 0.6) is 5.75 Å². The Kier molecular flexibility index (Phi) is 1.93. The average molecular weight is 208 g/mol. The van der Waals surface area contributed by atoms with Gasteiger partial charge in [0.05, 0.1) is 5.69 Å². The molecule has 2 heteroatoms. The molecule has 0 saturated carbocycles. The summed E-state index contributed by atoms with van der Waals surface area (Å²) in [4.78, 5) is 3.24. The molecule has 0 saturated heterocycles.